The Hall–Kier alpha value is -1.37. The van der Waals surface area contributed by atoms with E-state index >= 15 is 0 Å². The lowest BCUT2D eigenvalue weighted by atomic mass is 10.0. The Labute approximate surface area is 85.4 Å². The van der Waals surface area contributed by atoms with Crippen LogP contribution in [0, 0.1) is 0 Å². The maximum absolute atomic E-state index is 2.25. The highest BCUT2D eigenvalue weighted by atomic mass is 14.9. The Balaban J connectivity index is 2.06. The van der Waals surface area contributed by atoms with Crippen LogP contribution in [0.2, 0.25) is 0 Å². The highest BCUT2D eigenvalue weighted by Crippen LogP contribution is 2.12. The number of benzene rings is 1. The molecule has 0 fully saturated rings. The van der Waals surface area contributed by atoms with Crippen molar-refractivity contribution in [3.05, 3.63) is 47.5 Å². The molecule has 0 spiro atoms. The van der Waals surface area contributed by atoms with Crippen LogP contribution in [0.1, 0.15) is 12.0 Å². The monoisotopic (exact) mass is 186 g/mol. The van der Waals surface area contributed by atoms with Gasteiger partial charge in [0.1, 0.15) is 13.6 Å². The van der Waals surface area contributed by atoms with Crippen molar-refractivity contribution in [1.29, 1.82) is 0 Å². The first kappa shape index (κ1) is 9.20. The van der Waals surface area contributed by atoms with Gasteiger partial charge >= 0.3 is 0 Å². The lowest BCUT2D eigenvalue weighted by Crippen LogP contribution is -2.14. The predicted molar refractivity (Wildman–Crippen MR) is 60.0 cm³/mol. The molecule has 1 aromatic carbocycles. The Morgan fingerprint density at radius 3 is 2.64 bits per heavy atom. The molecule has 72 valence electrons. The molecule has 0 radical (unpaired) electrons. The first-order valence-corrected chi connectivity index (χ1v) is 5.11. The molecule has 1 heteroatoms. The van der Waals surface area contributed by atoms with Crippen LogP contribution in [0.5, 0.6) is 0 Å². The number of allylic oxidation sites excluding steroid dienone is 1. The molecule has 0 atom stereocenters. The molecule has 0 amide bonds. The van der Waals surface area contributed by atoms with Gasteiger partial charge in [0.2, 0.25) is 0 Å². The molecule has 1 aliphatic heterocycles. The Kier molecular flexibility index (Phi) is 2.78. The summed E-state index contributed by atoms with van der Waals surface area (Å²) in [5.41, 5.74) is 2.95. The van der Waals surface area contributed by atoms with Crippen molar-refractivity contribution in [3.8, 4) is 0 Å². The molecule has 0 aromatic heterocycles. The average Bonchev–Trinajstić information content (AvgIpc) is 2.23. The Bertz CT molecular complexity index is 360. The van der Waals surface area contributed by atoms with Gasteiger partial charge in [0, 0.05) is 12.5 Å². The van der Waals surface area contributed by atoms with E-state index in [1.54, 1.807) is 0 Å². The summed E-state index contributed by atoms with van der Waals surface area (Å²) in [6.07, 6.45) is 6.71. The molecule has 0 saturated carbocycles. The zero-order valence-corrected chi connectivity index (χ0v) is 8.61. The van der Waals surface area contributed by atoms with Crippen molar-refractivity contribution in [2.45, 2.75) is 12.8 Å². The van der Waals surface area contributed by atoms with Gasteiger partial charge in [0.15, 0.2) is 6.21 Å². The van der Waals surface area contributed by atoms with Crippen molar-refractivity contribution >= 4 is 6.21 Å². The molecular formula is C13H16N+. The molecule has 14 heavy (non-hydrogen) atoms. The van der Waals surface area contributed by atoms with Crippen LogP contribution in [0.15, 0.2) is 42.0 Å². The van der Waals surface area contributed by atoms with E-state index in [0.717, 1.165) is 13.0 Å². The molecule has 0 unspecified atom stereocenters. The molecule has 2 rings (SSSR count). The second-order valence-corrected chi connectivity index (χ2v) is 3.87. The summed E-state index contributed by atoms with van der Waals surface area (Å²) in [7, 11) is 2.12. The SMILES string of the molecule is C[N+]1=CC=C(Cc2ccccc2)CC1. The van der Waals surface area contributed by atoms with Crippen molar-refractivity contribution < 1.29 is 4.58 Å². The van der Waals surface area contributed by atoms with Gasteiger partial charge in [-0.3, -0.25) is 0 Å². The second-order valence-electron chi connectivity index (χ2n) is 3.87. The van der Waals surface area contributed by atoms with E-state index in [1.165, 1.54) is 17.6 Å². The van der Waals surface area contributed by atoms with E-state index in [0.29, 0.717) is 0 Å². The van der Waals surface area contributed by atoms with Crippen molar-refractivity contribution in [2.24, 2.45) is 0 Å². The minimum Gasteiger partial charge on any atom is -0.238 e. The highest BCUT2D eigenvalue weighted by molar-refractivity contribution is 5.68. The molecular weight excluding hydrogens is 170 g/mol. The third-order valence-electron chi connectivity index (χ3n) is 2.62. The van der Waals surface area contributed by atoms with Crippen LogP contribution in [0.4, 0.5) is 0 Å². The summed E-state index contributed by atoms with van der Waals surface area (Å²) >= 11 is 0. The van der Waals surface area contributed by atoms with Crippen molar-refractivity contribution in [3.63, 3.8) is 0 Å². The fraction of sp³-hybridized carbons (Fsp3) is 0.308. The van der Waals surface area contributed by atoms with E-state index in [1.807, 2.05) is 0 Å². The Morgan fingerprint density at radius 2 is 2.00 bits per heavy atom. The van der Waals surface area contributed by atoms with E-state index < -0.39 is 0 Å². The minimum atomic E-state index is 1.10. The summed E-state index contributed by atoms with van der Waals surface area (Å²) < 4.78 is 2.23. The van der Waals surface area contributed by atoms with Gasteiger partial charge in [-0.1, -0.05) is 35.9 Å². The third-order valence-corrected chi connectivity index (χ3v) is 2.62. The maximum atomic E-state index is 2.25. The van der Waals surface area contributed by atoms with Crippen LogP contribution < -0.4 is 0 Å². The van der Waals surface area contributed by atoms with E-state index in [4.69, 9.17) is 0 Å². The zero-order valence-electron chi connectivity index (χ0n) is 8.61. The van der Waals surface area contributed by atoms with Crippen molar-refractivity contribution in [2.75, 3.05) is 13.6 Å². The molecule has 1 nitrogen and oxygen atoms in total. The summed E-state index contributed by atoms with van der Waals surface area (Å²) in [5.74, 6) is 0. The Morgan fingerprint density at radius 1 is 1.21 bits per heavy atom. The summed E-state index contributed by atoms with van der Waals surface area (Å²) in [6, 6.07) is 10.7. The number of hydrogen-bond acceptors (Lipinski definition) is 0. The quantitative estimate of drug-likeness (QED) is 0.623. The summed E-state index contributed by atoms with van der Waals surface area (Å²) in [6.45, 7) is 1.15. The fourth-order valence-electron chi connectivity index (χ4n) is 1.72. The van der Waals surface area contributed by atoms with Gasteiger partial charge in [-0.2, -0.15) is 0 Å². The van der Waals surface area contributed by atoms with Gasteiger partial charge in [0.25, 0.3) is 0 Å². The van der Waals surface area contributed by atoms with Gasteiger partial charge in [-0.25, -0.2) is 4.58 Å². The summed E-state index contributed by atoms with van der Waals surface area (Å²) in [5, 5.41) is 0. The topological polar surface area (TPSA) is 3.01 Å². The minimum absolute atomic E-state index is 1.10. The first-order chi connectivity index (χ1) is 6.84. The zero-order chi connectivity index (χ0) is 9.80. The second kappa shape index (κ2) is 4.23. The van der Waals surface area contributed by atoms with Gasteiger partial charge in [-0.15, -0.1) is 0 Å². The molecule has 1 aliphatic rings. The van der Waals surface area contributed by atoms with Crippen LogP contribution in [0.25, 0.3) is 0 Å². The van der Waals surface area contributed by atoms with Crippen molar-refractivity contribution in [1.82, 2.24) is 0 Å². The van der Waals surface area contributed by atoms with Gasteiger partial charge in [0.05, 0.1) is 0 Å². The first-order valence-electron chi connectivity index (χ1n) is 5.11. The molecule has 0 N–H and O–H groups in total. The standard InChI is InChI=1S/C13H16N/c1-14-9-7-13(8-10-14)11-12-5-3-2-4-6-12/h2-7,9H,8,10-11H2,1H3/q+1. The largest absolute Gasteiger partial charge is 0.238 e. The normalized spacial score (nSPS) is 16.1. The molecule has 0 bridgehead atoms. The van der Waals surface area contributed by atoms with Crippen LogP contribution in [-0.4, -0.2) is 24.4 Å². The summed E-state index contributed by atoms with van der Waals surface area (Å²) in [4.78, 5) is 0. The molecule has 1 heterocycles. The third kappa shape index (κ3) is 2.32. The molecule has 0 aliphatic carbocycles. The van der Waals surface area contributed by atoms with Crippen LogP contribution >= 0.6 is 0 Å². The number of hydrogen-bond donors (Lipinski definition) is 0. The predicted octanol–water partition coefficient (Wildman–Crippen LogP) is 2.27. The van der Waals surface area contributed by atoms with Crippen LogP contribution in [-0.2, 0) is 6.42 Å². The van der Waals surface area contributed by atoms with E-state index in [2.05, 4.69) is 54.2 Å². The lowest BCUT2D eigenvalue weighted by molar-refractivity contribution is -0.492. The number of rotatable bonds is 2. The molecule has 1 aromatic rings. The maximum Gasteiger partial charge on any atom is 0.163 e. The molecule has 0 saturated heterocycles. The number of nitrogens with zero attached hydrogens (tertiary/aromatic N) is 1. The van der Waals surface area contributed by atoms with E-state index in [9.17, 15) is 0 Å². The van der Waals surface area contributed by atoms with Crippen LogP contribution in [0.3, 0.4) is 0 Å². The smallest absolute Gasteiger partial charge is 0.163 e. The highest BCUT2D eigenvalue weighted by Gasteiger charge is 2.07. The average molecular weight is 186 g/mol. The lowest BCUT2D eigenvalue weighted by Gasteiger charge is -2.08. The van der Waals surface area contributed by atoms with Gasteiger partial charge in [-0.05, 0) is 12.0 Å². The fourth-order valence-corrected chi connectivity index (χ4v) is 1.72. The van der Waals surface area contributed by atoms with Gasteiger partial charge < -0.3 is 0 Å². The van der Waals surface area contributed by atoms with E-state index in [-0.39, 0.29) is 0 Å².